The number of hydrogen-bond acceptors (Lipinski definition) is 3. The Bertz CT molecular complexity index is 952. The van der Waals surface area contributed by atoms with Crippen LogP contribution < -0.4 is 0 Å². The zero-order valence-electron chi connectivity index (χ0n) is 16.5. The Morgan fingerprint density at radius 2 is 1.57 bits per heavy atom. The Hall–Kier alpha value is -1.86. The predicted octanol–water partition coefficient (Wildman–Crippen LogP) is 3.39. The second-order valence-corrected chi connectivity index (χ2v) is 9.91. The molecule has 0 radical (unpaired) electrons. The molecule has 0 spiro atoms. The van der Waals surface area contributed by atoms with Gasteiger partial charge in [0.1, 0.15) is 6.04 Å². The van der Waals surface area contributed by atoms with Crippen molar-refractivity contribution in [1.82, 2.24) is 13.8 Å². The Morgan fingerprint density at radius 3 is 2.25 bits per heavy atom. The van der Waals surface area contributed by atoms with Gasteiger partial charge >= 0.3 is 0 Å². The normalized spacial score (nSPS) is 20.4. The summed E-state index contributed by atoms with van der Waals surface area (Å²) in [5.41, 5.74) is 0.898. The van der Waals surface area contributed by atoms with Gasteiger partial charge in [-0.1, -0.05) is 12.8 Å². The average molecular weight is 404 g/mol. The van der Waals surface area contributed by atoms with Crippen LogP contribution in [0.4, 0.5) is 0 Å². The van der Waals surface area contributed by atoms with Crippen molar-refractivity contribution in [1.29, 1.82) is 0 Å². The van der Waals surface area contributed by atoms with Crippen LogP contribution in [0.15, 0.2) is 35.4 Å². The van der Waals surface area contributed by atoms with Crippen molar-refractivity contribution in [3.8, 4) is 0 Å². The number of nitrogens with zero attached hydrogens (tertiary/aromatic N) is 3. The van der Waals surface area contributed by atoms with Gasteiger partial charge in [0.25, 0.3) is 0 Å². The number of aromatic nitrogens is 1. The molecule has 1 aromatic heterocycles. The van der Waals surface area contributed by atoms with Gasteiger partial charge in [0.2, 0.25) is 15.9 Å². The van der Waals surface area contributed by atoms with Gasteiger partial charge in [-0.25, -0.2) is 8.42 Å². The van der Waals surface area contributed by atoms with E-state index in [1.807, 2.05) is 34.7 Å². The van der Waals surface area contributed by atoms with Crippen molar-refractivity contribution in [3.63, 3.8) is 0 Å². The number of benzene rings is 1. The highest BCUT2D eigenvalue weighted by Crippen LogP contribution is 2.27. The third kappa shape index (κ3) is 3.57. The lowest BCUT2D eigenvalue weighted by Crippen LogP contribution is -2.33. The lowest BCUT2D eigenvalue weighted by Gasteiger charge is -2.22. The zero-order chi connectivity index (χ0) is 19.7. The quantitative estimate of drug-likeness (QED) is 0.786. The average Bonchev–Trinajstić information content (AvgIpc) is 3.29. The summed E-state index contributed by atoms with van der Waals surface area (Å²) in [5.74, 6) is 0.135. The van der Waals surface area contributed by atoms with Crippen LogP contribution in [0.3, 0.4) is 0 Å². The zero-order valence-corrected chi connectivity index (χ0v) is 17.3. The summed E-state index contributed by atoms with van der Waals surface area (Å²) in [6.07, 6.45) is 8.08. The molecule has 7 heteroatoms. The lowest BCUT2D eigenvalue weighted by molar-refractivity contribution is -0.133. The van der Waals surface area contributed by atoms with Gasteiger partial charge in [0, 0.05) is 43.3 Å². The van der Waals surface area contributed by atoms with Gasteiger partial charge in [0.05, 0.1) is 4.90 Å². The highest BCUT2D eigenvalue weighted by atomic mass is 32.2. The second-order valence-electron chi connectivity index (χ2n) is 7.97. The molecule has 0 saturated carbocycles. The van der Waals surface area contributed by atoms with E-state index in [0.717, 1.165) is 62.5 Å². The Kier molecular flexibility index (Phi) is 5.47. The van der Waals surface area contributed by atoms with E-state index in [1.54, 1.807) is 16.4 Å². The van der Waals surface area contributed by atoms with Crippen molar-refractivity contribution in [2.75, 3.05) is 26.2 Å². The van der Waals surface area contributed by atoms with Crippen LogP contribution in [-0.2, 0) is 14.8 Å². The summed E-state index contributed by atoms with van der Waals surface area (Å²) in [4.78, 5) is 15.0. The molecule has 3 heterocycles. The number of carbonyl (C=O) groups is 1. The summed E-state index contributed by atoms with van der Waals surface area (Å²) in [6, 6.07) is 6.90. The van der Waals surface area contributed by atoms with Gasteiger partial charge in [-0.3, -0.25) is 4.79 Å². The smallest absolute Gasteiger partial charge is 0.245 e. The molecule has 2 aliphatic rings. The molecule has 0 bridgehead atoms. The van der Waals surface area contributed by atoms with E-state index in [9.17, 15) is 13.2 Å². The standard InChI is InChI=1S/C21H29N3O3S/c1-17(21(25)22-11-6-7-12-22)24-15-10-18-16-19(8-9-20(18)24)28(26,27)23-13-4-2-3-5-14-23/h8-10,15-17H,2-7,11-14H2,1H3/t17-/m1/s1. The molecule has 0 N–H and O–H groups in total. The van der Waals surface area contributed by atoms with Crippen LogP contribution in [0.25, 0.3) is 10.9 Å². The maximum absolute atomic E-state index is 13.1. The number of hydrogen-bond donors (Lipinski definition) is 0. The maximum Gasteiger partial charge on any atom is 0.245 e. The molecule has 2 saturated heterocycles. The van der Waals surface area contributed by atoms with Crippen molar-refractivity contribution in [2.24, 2.45) is 0 Å². The SMILES string of the molecule is C[C@H](C(=O)N1CCCC1)n1ccc2cc(S(=O)(=O)N3CCCCCC3)ccc21. The third-order valence-electron chi connectivity index (χ3n) is 6.09. The van der Waals surface area contributed by atoms with Gasteiger partial charge in [0.15, 0.2) is 0 Å². The van der Waals surface area contributed by atoms with Crippen molar-refractivity contribution < 1.29 is 13.2 Å². The highest BCUT2D eigenvalue weighted by Gasteiger charge is 2.27. The topological polar surface area (TPSA) is 62.6 Å². The number of carbonyl (C=O) groups excluding carboxylic acids is 1. The molecular weight excluding hydrogens is 374 g/mol. The Morgan fingerprint density at radius 1 is 0.929 bits per heavy atom. The van der Waals surface area contributed by atoms with Crippen LogP contribution in [0, 0.1) is 0 Å². The van der Waals surface area contributed by atoms with E-state index in [2.05, 4.69) is 0 Å². The molecule has 2 aliphatic heterocycles. The first kappa shape index (κ1) is 19.5. The molecule has 28 heavy (non-hydrogen) atoms. The molecule has 0 aliphatic carbocycles. The molecule has 4 rings (SSSR count). The van der Waals surface area contributed by atoms with Crippen LogP contribution in [0.1, 0.15) is 51.5 Å². The summed E-state index contributed by atoms with van der Waals surface area (Å²) < 4.78 is 29.7. The minimum atomic E-state index is -3.47. The van der Waals surface area contributed by atoms with Gasteiger partial charge in [-0.05, 0) is 56.9 Å². The van der Waals surface area contributed by atoms with Crippen molar-refractivity contribution in [3.05, 3.63) is 30.5 Å². The van der Waals surface area contributed by atoms with Gasteiger partial charge in [-0.2, -0.15) is 4.31 Å². The molecule has 152 valence electrons. The molecule has 1 aromatic carbocycles. The van der Waals surface area contributed by atoms with E-state index in [1.165, 1.54) is 0 Å². The number of rotatable bonds is 4. The number of fused-ring (bicyclic) bond motifs is 1. The van der Waals surface area contributed by atoms with E-state index in [-0.39, 0.29) is 11.9 Å². The fourth-order valence-electron chi connectivity index (χ4n) is 4.39. The molecule has 0 unspecified atom stereocenters. The van der Waals surface area contributed by atoms with Crippen LogP contribution in [0.2, 0.25) is 0 Å². The maximum atomic E-state index is 13.1. The molecule has 1 amide bonds. The van der Waals surface area contributed by atoms with Crippen LogP contribution in [-0.4, -0.2) is 54.3 Å². The number of sulfonamides is 1. The highest BCUT2D eigenvalue weighted by molar-refractivity contribution is 7.89. The Balaban J connectivity index is 1.61. The Labute approximate surface area is 167 Å². The van der Waals surface area contributed by atoms with E-state index >= 15 is 0 Å². The van der Waals surface area contributed by atoms with Gasteiger partial charge < -0.3 is 9.47 Å². The fraction of sp³-hybridized carbons (Fsp3) is 0.571. The second kappa shape index (κ2) is 7.87. The van der Waals surface area contributed by atoms with E-state index in [0.29, 0.717) is 18.0 Å². The third-order valence-corrected chi connectivity index (χ3v) is 7.98. The largest absolute Gasteiger partial charge is 0.341 e. The fourth-order valence-corrected chi connectivity index (χ4v) is 5.95. The molecule has 2 fully saturated rings. The van der Waals surface area contributed by atoms with Crippen LogP contribution in [0.5, 0.6) is 0 Å². The van der Waals surface area contributed by atoms with Crippen molar-refractivity contribution >= 4 is 26.8 Å². The van der Waals surface area contributed by atoms with Gasteiger partial charge in [-0.15, -0.1) is 0 Å². The number of likely N-dealkylation sites (tertiary alicyclic amines) is 1. The summed E-state index contributed by atoms with van der Waals surface area (Å²) in [7, 11) is -3.47. The predicted molar refractivity (Wildman–Crippen MR) is 110 cm³/mol. The molecular formula is C21H29N3O3S. The first-order chi connectivity index (χ1) is 13.5. The van der Waals surface area contributed by atoms with E-state index < -0.39 is 10.0 Å². The minimum absolute atomic E-state index is 0.135. The molecule has 1 atom stereocenters. The molecule has 2 aromatic rings. The summed E-state index contributed by atoms with van der Waals surface area (Å²) in [6.45, 7) is 4.79. The van der Waals surface area contributed by atoms with E-state index in [4.69, 9.17) is 0 Å². The summed E-state index contributed by atoms with van der Waals surface area (Å²) >= 11 is 0. The first-order valence-electron chi connectivity index (χ1n) is 10.4. The number of amides is 1. The summed E-state index contributed by atoms with van der Waals surface area (Å²) in [5, 5.41) is 0.858. The lowest BCUT2D eigenvalue weighted by atomic mass is 10.2. The minimum Gasteiger partial charge on any atom is -0.341 e. The van der Waals surface area contributed by atoms with Crippen molar-refractivity contribution in [2.45, 2.75) is 56.4 Å². The monoisotopic (exact) mass is 403 g/mol. The van der Waals surface area contributed by atoms with Crippen LogP contribution >= 0.6 is 0 Å². The first-order valence-corrected chi connectivity index (χ1v) is 11.8. The molecule has 6 nitrogen and oxygen atoms in total.